The molecule has 0 aliphatic rings. The summed E-state index contributed by atoms with van der Waals surface area (Å²) in [6, 6.07) is 4.58. The molecule has 0 saturated heterocycles. The molecule has 1 atom stereocenters. The van der Waals surface area contributed by atoms with E-state index in [0.717, 1.165) is 17.8 Å². The molecule has 7 heteroatoms. The van der Waals surface area contributed by atoms with Crippen LogP contribution in [0, 0.1) is 13.8 Å². The standard InChI is InChI=1S/C14H16ClN5S/c1-8(6-11-5-4-9(2)21-11)18-13-10(3)12(15)19-14-16-7-17-20(13)14/h4-5,7-8,18H,6H2,1-3H3. The average Bonchev–Trinajstić information content (AvgIpc) is 3.04. The summed E-state index contributed by atoms with van der Waals surface area (Å²) in [5.41, 5.74) is 0.879. The lowest BCUT2D eigenvalue weighted by Gasteiger charge is -2.17. The highest BCUT2D eigenvalue weighted by Crippen LogP contribution is 2.24. The Morgan fingerprint density at radius 1 is 1.38 bits per heavy atom. The molecule has 0 radical (unpaired) electrons. The van der Waals surface area contributed by atoms with Crippen LogP contribution < -0.4 is 5.32 Å². The Morgan fingerprint density at radius 3 is 2.90 bits per heavy atom. The van der Waals surface area contributed by atoms with Crippen LogP contribution >= 0.6 is 22.9 Å². The van der Waals surface area contributed by atoms with Crippen molar-refractivity contribution >= 4 is 34.5 Å². The van der Waals surface area contributed by atoms with Gasteiger partial charge >= 0.3 is 0 Å². The van der Waals surface area contributed by atoms with Crippen LogP contribution in [0.5, 0.6) is 0 Å². The molecule has 0 aliphatic carbocycles. The molecule has 0 bridgehead atoms. The molecule has 1 N–H and O–H groups in total. The van der Waals surface area contributed by atoms with Gasteiger partial charge in [-0.05, 0) is 32.9 Å². The summed E-state index contributed by atoms with van der Waals surface area (Å²) >= 11 is 7.99. The number of anilines is 1. The molecule has 3 rings (SSSR count). The summed E-state index contributed by atoms with van der Waals surface area (Å²) in [7, 11) is 0. The molecular formula is C14H16ClN5S. The molecule has 21 heavy (non-hydrogen) atoms. The molecule has 0 fully saturated rings. The first kappa shape index (κ1) is 14.3. The van der Waals surface area contributed by atoms with Gasteiger partial charge in [0.15, 0.2) is 0 Å². The van der Waals surface area contributed by atoms with E-state index >= 15 is 0 Å². The summed E-state index contributed by atoms with van der Waals surface area (Å²) in [5.74, 6) is 1.36. The molecule has 5 nitrogen and oxygen atoms in total. The van der Waals surface area contributed by atoms with Gasteiger partial charge in [-0.3, -0.25) is 0 Å². The van der Waals surface area contributed by atoms with Crippen LogP contribution in [0.4, 0.5) is 5.82 Å². The number of hydrogen-bond donors (Lipinski definition) is 1. The van der Waals surface area contributed by atoms with E-state index in [1.54, 1.807) is 4.52 Å². The minimum atomic E-state index is 0.257. The van der Waals surface area contributed by atoms with Crippen LogP contribution in [0.2, 0.25) is 5.15 Å². The maximum absolute atomic E-state index is 6.17. The van der Waals surface area contributed by atoms with E-state index in [1.807, 2.05) is 18.3 Å². The molecule has 110 valence electrons. The van der Waals surface area contributed by atoms with Gasteiger partial charge in [0.05, 0.1) is 0 Å². The van der Waals surface area contributed by atoms with Crippen molar-refractivity contribution in [3.05, 3.63) is 38.9 Å². The van der Waals surface area contributed by atoms with Crippen LogP contribution in [0.3, 0.4) is 0 Å². The van der Waals surface area contributed by atoms with E-state index in [1.165, 1.54) is 16.1 Å². The van der Waals surface area contributed by atoms with Gasteiger partial charge in [-0.2, -0.15) is 19.6 Å². The molecule has 1 unspecified atom stereocenters. The smallest absolute Gasteiger partial charge is 0.255 e. The quantitative estimate of drug-likeness (QED) is 0.747. The number of thiophene rings is 1. The topological polar surface area (TPSA) is 55.1 Å². The third-order valence-electron chi connectivity index (χ3n) is 3.29. The second-order valence-corrected chi connectivity index (χ2v) is 6.84. The number of nitrogens with zero attached hydrogens (tertiary/aromatic N) is 4. The summed E-state index contributed by atoms with van der Waals surface area (Å²) in [4.78, 5) is 11.0. The summed E-state index contributed by atoms with van der Waals surface area (Å²) in [6.07, 6.45) is 2.44. The number of aromatic nitrogens is 4. The zero-order valence-corrected chi connectivity index (χ0v) is 13.7. The Bertz CT molecular complexity index is 779. The largest absolute Gasteiger partial charge is 0.367 e. The monoisotopic (exact) mass is 321 g/mol. The van der Waals surface area contributed by atoms with Crippen molar-refractivity contribution in [3.8, 4) is 0 Å². The van der Waals surface area contributed by atoms with Gasteiger partial charge in [0, 0.05) is 27.8 Å². The van der Waals surface area contributed by atoms with Crippen LogP contribution in [0.25, 0.3) is 5.78 Å². The first-order valence-corrected chi connectivity index (χ1v) is 7.91. The Morgan fingerprint density at radius 2 is 2.19 bits per heavy atom. The molecule has 3 aromatic heterocycles. The predicted octanol–water partition coefficient (Wildman–Crippen LogP) is 3.50. The van der Waals surface area contributed by atoms with E-state index in [0.29, 0.717) is 10.9 Å². The number of rotatable bonds is 4. The zero-order valence-electron chi connectivity index (χ0n) is 12.1. The lowest BCUT2D eigenvalue weighted by molar-refractivity contribution is 0.776. The number of halogens is 1. The van der Waals surface area contributed by atoms with Crippen molar-refractivity contribution in [2.75, 3.05) is 5.32 Å². The van der Waals surface area contributed by atoms with Crippen LogP contribution in [-0.2, 0) is 6.42 Å². The Hall–Kier alpha value is -1.66. The van der Waals surface area contributed by atoms with Crippen molar-refractivity contribution in [2.24, 2.45) is 0 Å². The second-order valence-electron chi connectivity index (χ2n) is 5.11. The number of aryl methyl sites for hydroxylation is 1. The van der Waals surface area contributed by atoms with Gasteiger partial charge < -0.3 is 5.32 Å². The summed E-state index contributed by atoms with van der Waals surface area (Å²) in [5, 5.41) is 8.15. The first-order valence-electron chi connectivity index (χ1n) is 6.72. The van der Waals surface area contributed by atoms with Gasteiger partial charge in [0.1, 0.15) is 17.3 Å². The normalized spacial score (nSPS) is 12.8. The fourth-order valence-corrected chi connectivity index (χ4v) is 3.43. The minimum absolute atomic E-state index is 0.257. The number of hydrogen-bond acceptors (Lipinski definition) is 5. The third kappa shape index (κ3) is 2.87. The molecule has 0 spiro atoms. The molecule has 0 amide bonds. The van der Waals surface area contributed by atoms with E-state index in [-0.39, 0.29) is 6.04 Å². The van der Waals surface area contributed by atoms with Gasteiger partial charge in [-0.1, -0.05) is 11.6 Å². The zero-order chi connectivity index (χ0) is 15.0. The fraction of sp³-hybridized carbons (Fsp3) is 0.357. The van der Waals surface area contributed by atoms with Crippen molar-refractivity contribution < 1.29 is 0 Å². The highest BCUT2D eigenvalue weighted by Gasteiger charge is 2.14. The predicted molar refractivity (Wildman–Crippen MR) is 86.4 cm³/mol. The van der Waals surface area contributed by atoms with Gasteiger partial charge in [0.2, 0.25) is 0 Å². The van der Waals surface area contributed by atoms with Gasteiger partial charge in [-0.25, -0.2) is 0 Å². The first-order chi connectivity index (χ1) is 10.0. The summed E-state index contributed by atoms with van der Waals surface area (Å²) in [6.45, 7) is 6.20. The minimum Gasteiger partial charge on any atom is -0.367 e. The van der Waals surface area contributed by atoms with Crippen LogP contribution in [0.1, 0.15) is 22.2 Å². The van der Waals surface area contributed by atoms with E-state index in [2.05, 4.69) is 46.4 Å². The van der Waals surface area contributed by atoms with Crippen molar-refractivity contribution in [1.29, 1.82) is 0 Å². The molecular weight excluding hydrogens is 306 g/mol. The van der Waals surface area contributed by atoms with Crippen LogP contribution in [0.15, 0.2) is 18.5 Å². The molecule has 0 saturated carbocycles. The molecule has 0 aliphatic heterocycles. The lowest BCUT2D eigenvalue weighted by Crippen LogP contribution is -2.21. The lowest BCUT2D eigenvalue weighted by atomic mass is 10.2. The molecule has 0 aromatic carbocycles. The van der Waals surface area contributed by atoms with E-state index < -0.39 is 0 Å². The molecule has 3 heterocycles. The van der Waals surface area contributed by atoms with Gasteiger partial charge in [0.25, 0.3) is 5.78 Å². The van der Waals surface area contributed by atoms with E-state index in [4.69, 9.17) is 11.6 Å². The number of nitrogens with one attached hydrogen (secondary N) is 1. The second kappa shape index (κ2) is 5.61. The van der Waals surface area contributed by atoms with Crippen molar-refractivity contribution in [3.63, 3.8) is 0 Å². The Balaban J connectivity index is 1.87. The van der Waals surface area contributed by atoms with Crippen molar-refractivity contribution in [2.45, 2.75) is 33.2 Å². The highest BCUT2D eigenvalue weighted by molar-refractivity contribution is 7.11. The van der Waals surface area contributed by atoms with Crippen molar-refractivity contribution in [1.82, 2.24) is 19.6 Å². The fourth-order valence-electron chi connectivity index (χ4n) is 2.25. The number of fused-ring (bicyclic) bond motifs is 1. The Kier molecular flexibility index (Phi) is 3.82. The molecule has 3 aromatic rings. The average molecular weight is 322 g/mol. The SMILES string of the molecule is Cc1ccc(CC(C)Nc2c(C)c(Cl)nc3ncnn23)s1. The van der Waals surface area contributed by atoms with E-state index in [9.17, 15) is 0 Å². The third-order valence-corrected chi connectivity index (χ3v) is 4.68. The summed E-state index contributed by atoms with van der Waals surface area (Å²) < 4.78 is 1.69. The highest BCUT2D eigenvalue weighted by atomic mass is 35.5. The Labute approximate surface area is 132 Å². The maximum atomic E-state index is 6.17. The van der Waals surface area contributed by atoms with Crippen LogP contribution in [-0.4, -0.2) is 25.6 Å². The van der Waals surface area contributed by atoms with Gasteiger partial charge in [-0.15, -0.1) is 11.3 Å². The maximum Gasteiger partial charge on any atom is 0.255 e.